The van der Waals surface area contributed by atoms with Gasteiger partial charge in [-0.25, -0.2) is 19.2 Å². The molecule has 0 saturated heterocycles. The van der Waals surface area contributed by atoms with E-state index < -0.39 is 0 Å². The first-order chi connectivity index (χ1) is 16.6. The van der Waals surface area contributed by atoms with Gasteiger partial charge in [-0.05, 0) is 48.4 Å². The average Bonchev–Trinajstić information content (AvgIpc) is 2.88. The minimum atomic E-state index is -0.363. The molecule has 0 radical (unpaired) electrons. The number of anilines is 1. The second kappa shape index (κ2) is 9.39. The van der Waals surface area contributed by atoms with Gasteiger partial charge in [0.15, 0.2) is 5.82 Å². The van der Waals surface area contributed by atoms with Crippen molar-refractivity contribution >= 4 is 11.7 Å². The van der Waals surface area contributed by atoms with Gasteiger partial charge in [-0.1, -0.05) is 31.2 Å². The van der Waals surface area contributed by atoms with E-state index in [0.717, 1.165) is 34.5 Å². The Morgan fingerprint density at radius 1 is 1.09 bits per heavy atom. The molecule has 0 unspecified atom stereocenters. The summed E-state index contributed by atoms with van der Waals surface area (Å²) in [6.07, 6.45) is 4.82. The molecule has 4 aromatic rings. The maximum atomic E-state index is 14.8. The highest BCUT2D eigenvalue weighted by molar-refractivity contribution is 5.89. The molecule has 0 atom stereocenters. The normalized spacial score (nSPS) is 12.8. The third-order valence-electron chi connectivity index (χ3n) is 5.98. The van der Waals surface area contributed by atoms with Gasteiger partial charge in [0.25, 0.3) is 0 Å². The van der Waals surface area contributed by atoms with E-state index in [9.17, 15) is 9.18 Å². The molecule has 0 saturated carbocycles. The van der Waals surface area contributed by atoms with Crippen LogP contribution in [-0.4, -0.2) is 32.4 Å². The Hall–Kier alpha value is -4.13. The molecule has 1 aliphatic rings. The lowest BCUT2D eigenvalue weighted by atomic mass is 9.98. The Kier molecular flexibility index (Phi) is 5.99. The van der Waals surface area contributed by atoms with E-state index >= 15 is 0 Å². The van der Waals surface area contributed by atoms with Crippen molar-refractivity contribution in [1.82, 2.24) is 19.9 Å². The predicted molar refractivity (Wildman–Crippen MR) is 130 cm³/mol. The van der Waals surface area contributed by atoms with Crippen molar-refractivity contribution in [2.45, 2.75) is 26.3 Å². The summed E-state index contributed by atoms with van der Waals surface area (Å²) < 4.78 is 14.8. The van der Waals surface area contributed by atoms with Crippen molar-refractivity contribution in [1.29, 1.82) is 0 Å². The van der Waals surface area contributed by atoms with Gasteiger partial charge in [0.05, 0.1) is 17.9 Å². The van der Waals surface area contributed by atoms with Crippen LogP contribution in [0.25, 0.3) is 22.6 Å². The number of amides is 2. The zero-order valence-corrected chi connectivity index (χ0v) is 18.8. The fourth-order valence-corrected chi connectivity index (χ4v) is 4.16. The van der Waals surface area contributed by atoms with E-state index in [0.29, 0.717) is 36.6 Å². The van der Waals surface area contributed by atoms with E-state index in [1.807, 2.05) is 36.4 Å². The largest absolute Gasteiger partial charge is 0.322 e. The van der Waals surface area contributed by atoms with Crippen LogP contribution in [0, 0.1) is 5.82 Å². The third kappa shape index (κ3) is 4.37. The fourth-order valence-electron chi connectivity index (χ4n) is 4.16. The molecule has 6 nitrogen and oxygen atoms in total. The third-order valence-corrected chi connectivity index (χ3v) is 5.98. The maximum absolute atomic E-state index is 14.8. The van der Waals surface area contributed by atoms with Crippen LogP contribution >= 0.6 is 0 Å². The molecular formula is C27H24FN5O. The minimum absolute atomic E-state index is 0.199. The molecule has 2 amide bonds. The average molecular weight is 454 g/mol. The predicted octanol–water partition coefficient (Wildman–Crippen LogP) is 5.50. The molecule has 3 heterocycles. The lowest BCUT2D eigenvalue weighted by Crippen LogP contribution is -2.39. The highest BCUT2D eigenvalue weighted by Gasteiger charge is 2.27. The lowest BCUT2D eigenvalue weighted by Gasteiger charge is -2.30. The zero-order valence-electron chi connectivity index (χ0n) is 18.8. The van der Waals surface area contributed by atoms with E-state index in [1.165, 1.54) is 6.07 Å². The maximum Gasteiger partial charge on any atom is 0.322 e. The monoisotopic (exact) mass is 453 g/mol. The first kappa shape index (κ1) is 21.7. The number of nitrogens with zero attached hydrogens (tertiary/aromatic N) is 4. The number of carbonyl (C=O) groups is 1. The summed E-state index contributed by atoms with van der Waals surface area (Å²) >= 11 is 0. The van der Waals surface area contributed by atoms with E-state index in [-0.39, 0.29) is 11.8 Å². The van der Waals surface area contributed by atoms with Crippen LogP contribution in [0.5, 0.6) is 0 Å². The Morgan fingerprint density at radius 2 is 1.97 bits per heavy atom. The molecule has 0 bridgehead atoms. The minimum Gasteiger partial charge on any atom is -0.320 e. The van der Waals surface area contributed by atoms with Crippen LogP contribution in [0.15, 0.2) is 73.1 Å². The number of halogens is 1. The SMILES string of the molecule is CCc1cccc(NC(=O)N2CCc3nc(-c4cccnc4)nc(-c4ccccc4F)c3C2)c1. The highest BCUT2D eigenvalue weighted by atomic mass is 19.1. The van der Waals surface area contributed by atoms with Crippen LogP contribution < -0.4 is 5.32 Å². The summed E-state index contributed by atoms with van der Waals surface area (Å²) in [7, 11) is 0. The Labute approximate surface area is 197 Å². The topological polar surface area (TPSA) is 71.0 Å². The number of pyridine rings is 1. The molecule has 1 aliphatic heterocycles. The van der Waals surface area contributed by atoms with Gasteiger partial charge < -0.3 is 10.2 Å². The van der Waals surface area contributed by atoms with Gasteiger partial charge in [0.2, 0.25) is 0 Å². The second-order valence-electron chi connectivity index (χ2n) is 8.20. The van der Waals surface area contributed by atoms with Crippen LogP contribution in [0.2, 0.25) is 0 Å². The molecule has 7 heteroatoms. The number of aromatic nitrogens is 3. The number of carbonyl (C=O) groups excluding carboxylic acids is 1. The summed E-state index contributed by atoms with van der Waals surface area (Å²) in [5, 5.41) is 2.99. The van der Waals surface area contributed by atoms with Gasteiger partial charge in [-0.2, -0.15) is 0 Å². The van der Waals surface area contributed by atoms with Crippen molar-refractivity contribution in [2.75, 3.05) is 11.9 Å². The van der Waals surface area contributed by atoms with Gasteiger partial charge >= 0.3 is 6.03 Å². The van der Waals surface area contributed by atoms with Crippen molar-refractivity contribution in [3.05, 3.63) is 95.7 Å². The number of aryl methyl sites for hydroxylation is 1. The van der Waals surface area contributed by atoms with Gasteiger partial charge in [-0.15, -0.1) is 0 Å². The number of nitrogens with one attached hydrogen (secondary N) is 1. The van der Waals surface area contributed by atoms with Crippen molar-refractivity contribution in [2.24, 2.45) is 0 Å². The number of fused-ring (bicyclic) bond motifs is 1. The molecule has 2 aromatic carbocycles. The van der Waals surface area contributed by atoms with Crippen LogP contribution in [0.4, 0.5) is 14.9 Å². The quantitative estimate of drug-likeness (QED) is 0.443. The molecule has 5 rings (SSSR count). The van der Waals surface area contributed by atoms with Gasteiger partial charge in [0.1, 0.15) is 5.82 Å². The van der Waals surface area contributed by atoms with E-state index in [2.05, 4.69) is 17.2 Å². The summed E-state index contributed by atoms with van der Waals surface area (Å²) in [6, 6.07) is 17.9. The molecule has 34 heavy (non-hydrogen) atoms. The number of urea groups is 1. The molecule has 2 aromatic heterocycles. The highest BCUT2D eigenvalue weighted by Crippen LogP contribution is 2.32. The Bertz CT molecular complexity index is 1340. The second-order valence-corrected chi connectivity index (χ2v) is 8.20. The Balaban J connectivity index is 1.51. The number of hydrogen-bond acceptors (Lipinski definition) is 4. The van der Waals surface area contributed by atoms with Crippen molar-refractivity contribution in [3.63, 3.8) is 0 Å². The first-order valence-electron chi connectivity index (χ1n) is 11.3. The standard InChI is InChI=1S/C27H24FN5O/c1-2-18-7-5-9-20(15-18)30-27(34)33-14-12-24-22(17-33)25(21-10-3-4-11-23(21)28)32-26(31-24)19-8-6-13-29-16-19/h3-11,13,15-16H,2,12,14,17H2,1H3,(H,30,34). The number of hydrogen-bond donors (Lipinski definition) is 1. The molecule has 0 spiro atoms. The van der Waals surface area contributed by atoms with Gasteiger partial charge in [0, 0.05) is 47.7 Å². The molecule has 170 valence electrons. The molecule has 0 aliphatic carbocycles. The van der Waals surface area contributed by atoms with Crippen LogP contribution in [0.1, 0.15) is 23.7 Å². The van der Waals surface area contributed by atoms with Crippen LogP contribution in [-0.2, 0) is 19.4 Å². The molecule has 1 N–H and O–H groups in total. The molecule has 0 fully saturated rings. The summed E-state index contributed by atoms with van der Waals surface area (Å²) in [4.78, 5) is 28.5. The smallest absolute Gasteiger partial charge is 0.320 e. The van der Waals surface area contributed by atoms with E-state index in [1.54, 1.807) is 35.5 Å². The summed E-state index contributed by atoms with van der Waals surface area (Å²) in [6.45, 7) is 2.88. The Morgan fingerprint density at radius 3 is 2.76 bits per heavy atom. The summed E-state index contributed by atoms with van der Waals surface area (Å²) in [5.41, 5.74) is 5.16. The number of rotatable bonds is 4. The fraction of sp³-hybridized carbons (Fsp3) is 0.185. The zero-order chi connectivity index (χ0) is 23.5. The first-order valence-corrected chi connectivity index (χ1v) is 11.3. The lowest BCUT2D eigenvalue weighted by molar-refractivity contribution is 0.206. The van der Waals surface area contributed by atoms with Crippen molar-refractivity contribution in [3.8, 4) is 22.6 Å². The van der Waals surface area contributed by atoms with Gasteiger partial charge in [-0.3, -0.25) is 4.98 Å². The number of benzene rings is 2. The van der Waals surface area contributed by atoms with E-state index in [4.69, 9.17) is 9.97 Å². The van der Waals surface area contributed by atoms with Crippen LogP contribution in [0.3, 0.4) is 0 Å². The van der Waals surface area contributed by atoms with Crippen molar-refractivity contribution < 1.29 is 9.18 Å². The summed E-state index contributed by atoms with van der Waals surface area (Å²) in [5.74, 6) is 0.137. The molecular weight excluding hydrogens is 429 g/mol.